The van der Waals surface area contributed by atoms with Gasteiger partial charge in [-0.05, 0) is 29.8 Å². The molecule has 2 aromatic carbocycles. The van der Waals surface area contributed by atoms with Crippen LogP contribution in [0.1, 0.15) is 0 Å². The van der Waals surface area contributed by atoms with E-state index in [-0.39, 0.29) is 5.75 Å². The Balaban J connectivity index is 2.44. The fraction of sp³-hybridized carbons (Fsp3) is 0.0769. The van der Waals surface area contributed by atoms with Crippen molar-refractivity contribution in [3.63, 3.8) is 0 Å². The zero-order valence-electron chi connectivity index (χ0n) is 8.66. The van der Waals surface area contributed by atoms with E-state index in [1.54, 1.807) is 18.2 Å². The van der Waals surface area contributed by atoms with Gasteiger partial charge in [0.15, 0.2) is 0 Å². The molecule has 0 amide bonds. The molecule has 87 valence electrons. The van der Waals surface area contributed by atoms with Crippen LogP contribution in [-0.4, -0.2) is 6.61 Å². The number of rotatable bonds is 3. The molecular weight excluding hydrogens is 229 g/mol. The predicted molar refractivity (Wildman–Crippen MR) is 57.3 cm³/mol. The molecule has 0 N–H and O–H groups in total. The van der Waals surface area contributed by atoms with E-state index in [4.69, 9.17) is 0 Å². The van der Waals surface area contributed by atoms with Crippen molar-refractivity contribution in [3.05, 3.63) is 54.3 Å². The zero-order chi connectivity index (χ0) is 12.3. The Morgan fingerprint density at radius 2 is 2.00 bits per heavy atom. The Kier molecular flexibility index (Phi) is 3.32. The van der Waals surface area contributed by atoms with Crippen molar-refractivity contribution in [2.24, 2.45) is 0 Å². The van der Waals surface area contributed by atoms with Gasteiger partial charge < -0.3 is 4.74 Å². The normalized spacial score (nSPS) is 10.6. The Morgan fingerprint density at radius 3 is 2.71 bits per heavy atom. The van der Waals surface area contributed by atoms with Crippen molar-refractivity contribution >= 4 is 0 Å². The van der Waals surface area contributed by atoms with Gasteiger partial charge in [-0.2, -0.15) is 8.78 Å². The third-order valence-corrected chi connectivity index (χ3v) is 2.18. The molecule has 0 spiro atoms. The highest BCUT2D eigenvalue weighted by molar-refractivity contribution is 5.70. The first-order chi connectivity index (χ1) is 8.16. The first kappa shape index (κ1) is 11.5. The van der Waals surface area contributed by atoms with E-state index in [0.717, 1.165) is 0 Å². The summed E-state index contributed by atoms with van der Waals surface area (Å²) in [5, 5.41) is 0. The topological polar surface area (TPSA) is 9.23 Å². The van der Waals surface area contributed by atoms with Gasteiger partial charge in [-0.1, -0.05) is 24.3 Å². The summed E-state index contributed by atoms with van der Waals surface area (Å²) in [7, 11) is 0. The molecule has 0 saturated carbocycles. The lowest BCUT2D eigenvalue weighted by atomic mass is 10.0. The number of hydrogen-bond donors (Lipinski definition) is 0. The molecular formula is C13H8F3O. The molecule has 0 atom stereocenters. The standard InChI is InChI=1S/C13H8F3O/c14-10-5-3-4-9(8-10)11-6-1-2-7-12(11)17-13(15)16/h1,3-8,13H. The van der Waals surface area contributed by atoms with Crippen LogP contribution in [0.25, 0.3) is 11.1 Å². The molecule has 0 saturated heterocycles. The molecule has 1 radical (unpaired) electrons. The van der Waals surface area contributed by atoms with Crippen molar-refractivity contribution in [3.8, 4) is 16.9 Å². The van der Waals surface area contributed by atoms with Crippen LogP contribution in [0.4, 0.5) is 13.2 Å². The molecule has 0 aliphatic heterocycles. The van der Waals surface area contributed by atoms with Crippen LogP contribution in [-0.2, 0) is 0 Å². The second-order valence-corrected chi connectivity index (χ2v) is 3.31. The minimum Gasteiger partial charge on any atom is -0.434 e. The maximum Gasteiger partial charge on any atom is 0.387 e. The van der Waals surface area contributed by atoms with E-state index in [0.29, 0.717) is 11.1 Å². The third-order valence-electron chi connectivity index (χ3n) is 2.18. The van der Waals surface area contributed by atoms with Crippen molar-refractivity contribution in [1.82, 2.24) is 0 Å². The number of halogens is 3. The first-order valence-corrected chi connectivity index (χ1v) is 4.87. The SMILES string of the molecule is Fc1cccc(-c2cc[c]cc2OC(F)F)c1. The third kappa shape index (κ3) is 2.78. The molecule has 0 aliphatic carbocycles. The number of ether oxygens (including phenoxy) is 1. The van der Waals surface area contributed by atoms with E-state index < -0.39 is 12.4 Å². The van der Waals surface area contributed by atoms with Crippen LogP contribution in [0.3, 0.4) is 0 Å². The van der Waals surface area contributed by atoms with Crippen LogP contribution in [0.2, 0.25) is 0 Å². The molecule has 0 aromatic heterocycles. The lowest BCUT2D eigenvalue weighted by Crippen LogP contribution is -2.03. The van der Waals surface area contributed by atoms with Gasteiger partial charge >= 0.3 is 6.61 Å². The molecule has 17 heavy (non-hydrogen) atoms. The minimum absolute atomic E-state index is 0.0203. The van der Waals surface area contributed by atoms with E-state index >= 15 is 0 Å². The van der Waals surface area contributed by atoms with Gasteiger partial charge in [0.25, 0.3) is 0 Å². The number of benzene rings is 2. The maximum absolute atomic E-state index is 13.1. The highest BCUT2D eigenvalue weighted by atomic mass is 19.3. The molecule has 1 nitrogen and oxygen atoms in total. The summed E-state index contributed by atoms with van der Waals surface area (Å²) in [6.07, 6.45) is 0. The van der Waals surface area contributed by atoms with Crippen molar-refractivity contribution in [2.45, 2.75) is 6.61 Å². The molecule has 0 heterocycles. The molecule has 2 aromatic rings. The van der Waals surface area contributed by atoms with Crippen LogP contribution in [0.15, 0.2) is 42.5 Å². The van der Waals surface area contributed by atoms with Gasteiger partial charge in [0.1, 0.15) is 11.6 Å². The predicted octanol–water partition coefficient (Wildman–Crippen LogP) is 3.89. The van der Waals surface area contributed by atoms with E-state index in [1.807, 2.05) is 0 Å². The fourth-order valence-electron chi connectivity index (χ4n) is 1.50. The average Bonchev–Trinajstić information content (AvgIpc) is 2.29. The Hall–Kier alpha value is -1.97. The summed E-state index contributed by atoms with van der Waals surface area (Å²) >= 11 is 0. The highest BCUT2D eigenvalue weighted by Crippen LogP contribution is 2.30. The molecule has 0 fully saturated rings. The minimum atomic E-state index is -2.92. The molecule has 2 rings (SSSR count). The molecule has 0 bridgehead atoms. The summed E-state index contributed by atoms with van der Waals surface area (Å²) in [5.41, 5.74) is 0.887. The van der Waals surface area contributed by atoms with Crippen molar-refractivity contribution in [1.29, 1.82) is 0 Å². The Labute approximate surface area is 96.5 Å². The maximum atomic E-state index is 13.1. The summed E-state index contributed by atoms with van der Waals surface area (Å²) in [6, 6.07) is 12.7. The van der Waals surface area contributed by atoms with Gasteiger partial charge in [-0.25, -0.2) is 4.39 Å². The van der Waals surface area contributed by atoms with Gasteiger partial charge in [0, 0.05) is 5.56 Å². The quantitative estimate of drug-likeness (QED) is 0.786. The summed E-state index contributed by atoms with van der Waals surface area (Å²) in [4.78, 5) is 0. The van der Waals surface area contributed by atoms with Crippen molar-refractivity contribution < 1.29 is 17.9 Å². The fourth-order valence-corrected chi connectivity index (χ4v) is 1.50. The average molecular weight is 237 g/mol. The summed E-state index contributed by atoms with van der Waals surface area (Å²) < 4.78 is 41.8. The van der Waals surface area contributed by atoms with Crippen molar-refractivity contribution in [2.75, 3.05) is 0 Å². The van der Waals surface area contributed by atoms with E-state index in [1.165, 1.54) is 24.3 Å². The summed E-state index contributed by atoms with van der Waals surface area (Å²) in [5.74, 6) is -0.452. The highest BCUT2D eigenvalue weighted by Gasteiger charge is 2.10. The lowest BCUT2D eigenvalue weighted by molar-refractivity contribution is -0.0494. The van der Waals surface area contributed by atoms with Gasteiger partial charge in [0.2, 0.25) is 0 Å². The smallest absolute Gasteiger partial charge is 0.387 e. The molecule has 4 heteroatoms. The van der Waals surface area contributed by atoms with E-state index in [2.05, 4.69) is 10.8 Å². The van der Waals surface area contributed by atoms with Gasteiger partial charge in [-0.3, -0.25) is 0 Å². The Bertz CT molecular complexity index is 512. The second-order valence-electron chi connectivity index (χ2n) is 3.31. The van der Waals surface area contributed by atoms with Gasteiger partial charge in [-0.15, -0.1) is 0 Å². The van der Waals surface area contributed by atoms with E-state index in [9.17, 15) is 13.2 Å². The number of hydrogen-bond acceptors (Lipinski definition) is 1. The van der Waals surface area contributed by atoms with Crippen LogP contribution in [0, 0.1) is 11.9 Å². The second kappa shape index (κ2) is 4.91. The largest absolute Gasteiger partial charge is 0.434 e. The van der Waals surface area contributed by atoms with Crippen LogP contribution >= 0.6 is 0 Å². The first-order valence-electron chi connectivity index (χ1n) is 4.87. The van der Waals surface area contributed by atoms with Crippen LogP contribution in [0.5, 0.6) is 5.75 Å². The summed E-state index contributed by atoms with van der Waals surface area (Å²) in [6.45, 7) is -2.92. The molecule has 0 unspecified atom stereocenters. The monoisotopic (exact) mass is 237 g/mol. The zero-order valence-corrected chi connectivity index (χ0v) is 8.66. The van der Waals surface area contributed by atoms with Gasteiger partial charge in [0.05, 0.1) is 0 Å². The molecule has 0 aliphatic rings. The number of alkyl halides is 2. The Morgan fingerprint density at radius 1 is 1.18 bits per heavy atom. The lowest BCUT2D eigenvalue weighted by Gasteiger charge is -2.10. The van der Waals surface area contributed by atoms with Crippen LogP contribution < -0.4 is 4.74 Å².